The molecule has 4 rings (SSSR count). The van der Waals surface area contributed by atoms with Crippen molar-refractivity contribution in [2.24, 2.45) is 0 Å². The zero-order chi connectivity index (χ0) is 30.2. The van der Waals surface area contributed by atoms with Crippen LogP contribution in [0.25, 0.3) is 0 Å². The molecule has 1 unspecified atom stereocenters. The molecule has 0 radical (unpaired) electrons. The van der Waals surface area contributed by atoms with Crippen molar-refractivity contribution in [2.75, 3.05) is 7.11 Å². The summed E-state index contributed by atoms with van der Waals surface area (Å²) in [6.45, 7) is 0. The maximum atomic E-state index is 16.3. The summed E-state index contributed by atoms with van der Waals surface area (Å²) in [7, 11) is -3.08. The van der Waals surface area contributed by atoms with Gasteiger partial charge in [0.2, 0.25) is 15.8 Å². The van der Waals surface area contributed by atoms with Crippen LogP contribution in [0, 0.1) is 0 Å². The van der Waals surface area contributed by atoms with Crippen molar-refractivity contribution in [3.63, 3.8) is 0 Å². The van der Waals surface area contributed by atoms with E-state index in [-0.39, 0.29) is 17.4 Å². The van der Waals surface area contributed by atoms with E-state index < -0.39 is 46.3 Å². The molecular weight excluding hydrogens is 566 g/mol. The number of benzene rings is 3. The van der Waals surface area contributed by atoms with Crippen LogP contribution in [0.3, 0.4) is 0 Å². The van der Waals surface area contributed by atoms with E-state index >= 15 is 8.78 Å². The highest BCUT2D eigenvalue weighted by Crippen LogP contribution is 2.28. The number of amides is 1. The largest absolute Gasteiger partial charge is 0.497 e. The van der Waals surface area contributed by atoms with Gasteiger partial charge in [0, 0.05) is 6.42 Å². The molecule has 0 spiro atoms. The Morgan fingerprint density at radius 3 is 1.98 bits per heavy atom. The summed E-state index contributed by atoms with van der Waals surface area (Å²) in [6.07, 6.45) is 1.05. The van der Waals surface area contributed by atoms with Crippen molar-refractivity contribution in [1.82, 2.24) is 10.0 Å². The summed E-state index contributed by atoms with van der Waals surface area (Å²) in [5, 5.41) is 2.34. The second-order valence-corrected chi connectivity index (χ2v) is 11.9. The molecule has 1 fully saturated rings. The van der Waals surface area contributed by atoms with Crippen molar-refractivity contribution >= 4 is 21.9 Å². The molecule has 224 valence electrons. The van der Waals surface area contributed by atoms with Gasteiger partial charge in [0.1, 0.15) is 17.9 Å². The highest BCUT2D eigenvalue weighted by atomic mass is 32.2. The lowest BCUT2D eigenvalue weighted by Gasteiger charge is -2.30. The molecule has 0 bridgehead atoms. The average molecular weight is 601 g/mol. The van der Waals surface area contributed by atoms with Gasteiger partial charge < -0.3 is 14.8 Å². The van der Waals surface area contributed by atoms with Crippen molar-refractivity contribution in [3.8, 4) is 5.75 Å². The maximum absolute atomic E-state index is 16.3. The molecule has 0 aromatic heterocycles. The number of sulfonamides is 1. The van der Waals surface area contributed by atoms with Gasteiger partial charge in [-0.05, 0) is 67.5 Å². The molecule has 1 aliphatic carbocycles. The third-order valence-corrected chi connectivity index (χ3v) is 8.67. The zero-order valence-electron chi connectivity index (χ0n) is 23.2. The Morgan fingerprint density at radius 1 is 0.881 bits per heavy atom. The van der Waals surface area contributed by atoms with Crippen LogP contribution >= 0.6 is 0 Å². The summed E-state index contributed by atoms with van der Waals surface area (Å²) >= 11 is 0. The molecule has 3 aromatic carbocycles. The second kappa shape index (κ2) is 13.9. The molecule has 2 N–H and O–H groups in total. The van der Waals surface area contributed by atoms with Crippen LogP contribution in [0.5, 0.6) is 5.75 Å². The molecule has 0 saturated heterocycles. The van der Waals surface area contributed by atoms with Gasteiger partial charge in [-0.3, -0.25) is 4.79 Å². The Balaban J connectivity index is 1.64. The first-order valence-corrected chi connectivity index (χ1v) is 15.2. The van der Waals surface area contributed by atoms with Crippen molar-refractivity contribution in [3.05, 3.63) is 96.1 Å². The number of alkyl carbamates (subject to hydrolysis) is 1. The van der Waals surface area contributed by atoms with Crippen LogP contribution < -0.4 is 14.8 Å². The normalized spacial score (nSPS) is 15.5. The zero-order valence-corrected chi connectivity index (χ0v) is 24.0. The molecular formula is C31H34F2N2O6S. The van der Waals surface area contributed by atoms with E-state index in [1.165, 1.54) is 31.4 Å². The molecule has 1 aliphatic rings. The number of hydrogen-bond acceptors (Lipinski definition) is 6. The summed E-state index contributed by atoms with van der Waals surface area (Å²) in [5.74, 6) is -5.47. The second-order valence-electron chi connectivity index (χ2n) is 10.2. The maximum Gasteiger partial charge on any atom is 0.408 e. The van der Waals surface area contributed by atoms with E-state index in [1.807, 2.05) is 0 Å². The van der Waals surface area contributed by atoms with Gasteiger partial charge in [0.15, 0.2) is 0 Å². The van der Waals surface area contributed by atoms with Gasteiger partial charge >= 0.3 is 12.0 Å². The van der Waals surface area contributed by atoms with Crippen LogP contribution in [-0.2, 0) is 32.4 Å². The number of alkyl halides is 2. The predicted octanol–water partition coefficient (Wildman–Crippen LogP) is 5.07. The summed E-state index contributed by atoms with van der Waals surface area (Å²) in [5.41, 5.74) is 0.923. The van der Waals surface area contributed by atoms with Gasteiger partial charge in [-0.1, -0.05) is 60.7 Å². The topological polar surface area (TPSA) is 111 Å². The standard InChI is InChI=1S/C31H34F2N2O6S/c1-40-24-16-18-26(19-17-24)42(38,39)35-28(21-23-12-6-3-7-13-23)31(32,33)29(36)27(20-22-10-4-2-5-11-22)34-30(37)41-25-14-8-9-15-25/h2-7,10-13,16-19,25,27-28,35H,8-9,14-15,20-21H2,1H3,(H,34,37)/t27-,28?/m0/s1. The van der Waals surface area contributed by atoms with Gasteiger partial charge in [-0.2, -0.15) is 8.78 Å². The minimum Gasteiger partial charge on any atom is -0.497 e. The van der Waals surface area contributed by atoms with E-state index in [9.17, 15) is 18.0 Å². The monoisotopic (exact) mass is 600 g/mol. The van der Waals surface area contributed by atoms with Gasteiger partial charge in [0.05, 0.1) is 18.0 Å². The van der Waals surface area contributed by atoms with E-state index in [4.69, 9.17) is 9.47 Å². The molecule has 8 nitrogen and oxygen atoms in total. The first-order valence-electron chi connectivity index (χ1n) is 13.7. The number of carbonyl (C=O) groups is 2. The predicted molar refractivity (Wildman–Crippen MR) is 153 cm³/mol. The van der Waals surface area contributed by atoms with Gasteiger partial charge in [0.25, 0.3) is 0 Å². The molecule has 1 saturated carbocycles. The number of carbonyl (C=O) groups excluding carboxylic acids is 2. The Kier molecular flexibility index (Phi) is 10.3. The lowest BCUT2D eigenvalue weighted by atomic mass is 9.92. The van der Waals surface area contributed by atoms with E-state index in [2.05, 4.69) is 10.0 Å². The number of nitrogens with one attached hydrogen (secondary N) is 2. The molecule has 3 aromatic rings. The van der Waals surface area contributed by atoms with E-state index in [0.29, 0.717) is 29.7 Å². The van der Waals surface area contributed by atoms with Crippen LogP contribution in [0.1, 0.15) is 36.8 Å². The van der Waals surface area contributed by atoms with Gasteiger partial charge in [-0.15, -0.1) is 0 Å². The fourth-order valence-corrected chi connectivity index (χ4v) is 6.14. The minimum absolute atomic E-state index is 0.238. The van der Waals surface area contributed by atoms with E-state index in [1.54, 1.807) is 60.7 Å². The number of methoxy groups -OCH3 is 1. The molecule has 2 atom stereocenters. The van der Waals surface area contributed by atoms with Crippen LogP contribution in [0.4, 0.5) is 13.6 Å². The van der Waals surface area contributed by atoms with E-state index in [0.717, 1.165) is 12.8 Å². The fourth-order valence-electron chi connectivity index (χ4n) is 4.90. The Morgan fingerprint density at radius 2 is 1.43 bits per heavy atom. The molecule has 42 heavy (non-hydrogen) atoms. The number of ketones is 1. The van der Waals surface area contributed by atoms with Crippen LogP contribution in [0.15, 0.2) is 89.8 Å². The summed E-state index contributed by atoms with van der Waals surface area (Å²) in [6, 6.07) is 17.9. The van der Waals surface area contributed by atoms with Crippen molar-refractivity contribution in [1.29, 1.82) is 0 Å². The highest BCUT2D eigenvalue weighted by molar-refractivity contribution is 7.89. The average Bonchev–Trinajstić information content (AvgIpc) is 3.50. The Hall–Kier alpha value is -3.83. The van der Waals surface area contributed by atoms with Gasteiger partial charge in [-0.25, -0.2) is 17.9 Å². The Bertz CT molecular complexity index is 1430. The minimum atomic E-state index is -4.49. The SMILES string of the molecule is COc1ccc(S(=O)(=O)NC(Cc2ccccc2)C(F)(F)C(=O)[C@H](Cc2ccccc2)NC(=O)OC2CCCC2)cc1. The molecule has 0 aliphatic heterocycles. The molecule has 0 heterocycles. The van der Waals surface area contributed by atoms with Crippen LogP contribution in [-0.4, -0.2) is 51.5 Å². The first-order chi connectivity index (χ1) is 20.1. The third-order valence-electron chi connectivity index (χ3n) is 7.18. The fraction of sp³-hybridized carbons (Fsp3) is 0.355. The molecule has 1 amide bonds. The number of Topliss-reactive ketones (excluding diaryl/α,β-unsaturated/α-hetero) is 1. The Labute approximate surface area is 244 Å². The number of ether oxygens (including phenoxy) is 2. The number of halogens is 2. The lowest BCUT2D eigenvalue weighted by molar-refractivity contribution is -0.148. The smallest absolute Gasteiger partial charge is 0.408 e. The summed E-state index contributed by atoms with van der Waals surface area (Å²) in [4.78, 5) is 26.0. The summed E-state index contributed by atoms with van der Waals surface area (Å²) < 4.78 is 71.5. The quantitative estimate of drug-likeness (QED) is 0.284. The van der Waals surface area contributed by atoms with Crippen LogP contribution in [0.2, 0.25) is 0 Å². The number of hydrogen-bond donors (Lipinski definition) is 2. The third kappa shape index (κ3) is 8.13. The van der Waals surface area contributed by atoms with Crippen molar-refractivity contribution in [2.45, 2.75) is 67.5 Å². The lowest BCUT2D eigenvalue weighted by Crippen LogP contribution is -2.59. The number of rotatable bonds is 13. The first kappa shape index (κ1) is 31.1. The van der Waals surface area contributed by atoms with Crippen molar-refractivity contribution < 1.29 is 36.3 Å². The molecule has 11 heteroatoms. The highest BCUT2D eigenvalue weighted by Gasteiger charge is 2.51.